The third kappa shape index (κ3) is 5.45. The van der Waals surface area contributed by atoms with E-state index in [2.05, 4.69) is 5.32 Å². The van der Waals surface area contributed by atoms with Crippen LogP contribution >= 0.6 is 11.8 Å². The van der Waals surface area contributed by atoms with Gasteiger partial charge in [0.1, 0.15) is 5.75 Å². The molecular formula is C16H23NO2S. The first-order chi connectivity index (χ1) is 9.74. The molecule has 1 aliphatic carbocycles. The Bertz CT molecular complexity index is 413. The van der Waals surface area contributed by atoms with E-state index in [0.29, 0.717) is 18.9 Å². The van der Waals surface area contributed by atoms with Crippen molar-refractivity contribution in [2.45, 2.75) is 43.4 Å². The lowest BCUT2D eigenvalue weighted by Crippen LogP contribution is -2.28. The number of aromatic hydroxyl groups is 1. The van der Waals surface area contributed by atoms with Gasteiger partial charge in [-0.1, -0.05) is 19.3 Å². The van der Waals surface area contributed by atoms with Gasteiger partial charge in [-0.15, -0.1) is 11.8 Å². The predicted octanol–water partition coefficient (Wildman–Crippen LogP) is 3.57. The molecule has 0 heterocycles. The molecule has 1 amide bonds. The summed E-state index contributed by atoms with van der Waals surface area (Å²) >= 11 is 1.69. The molecule has 0 aliphatic heterocycles. The summed E-state index contributed by atoms with van der Waals surface area (Å²) in [6, 6.07) is 7.15. The van der Waals surface area contributed by atoms with E-state index in [0.717, 1.165) is 10.6 Å². The van der Waals surface area contributed by atoms with Crippen LogP contribution in [0.3, 0.4) is 0 Å². The third-order valence-electron chi connectivity index (χ3n) is 3.73. The summed E-state index contributed by atoms with van der Waals surface area (Å²) in [5.74, 6) is 1.95. The number of carbonyl (C=O) groups is 1. The van der Waals surface area contributed by atoms with Crippen LogP contribution in [0.1, 0.15) is 38.5 Å². The zero-order valence-electron chi connectivity index (χ0n) is 11.8. The van der Waals surface area contributed by atoms with Crippen LogP contribution in [-0.4, -0.2) is 23.3 Å². The van der Waals surface area contributed by atoms with Gasteiger partial charge < -0.3 is 10.4 Å². The van der Waals surface area contributed by atoms with Crippen molar-refractivity contribution in [1.29, 1.82) is 0 Å². The Labute approximate surface area is 125 Å². The summed E-state index contributed by atoms with van der Waals surface area (Å²) in [6.45, 7) is 0.705. The van der Waals surface area contributed by atoms with Crippen molar-refractivity contribution < 1.29 is 9.90 Å². The van der Waals surface area contributed by atoms with Crippen LogP contribution in [0.4, 0.5) is 0 Å². The molecule has 1 aromatic carbocycles. The number of hydrogen-bond acceptors (Lipinski definition) is 3. The maximum Gasteiger partial charge on any atom is 0.220 e. The molecule has 1 aromatic rings. The molecule has 0 atom stereocenters. The van der Waals surface area contributed by atoms with E-state index in [1.54, 1.807) is 23.9 Å². The van der Waals surface area contributed by atoms with Gasteiger partial charge in [0.05, 0.1) is 0 Å². The van der Waals surface area contributed by atoms with Crippen LogP contribution < -0.4 is 5.32 Å². The van der Waals surface area contributed by atoms with E-state index in [9.17, 15) is 9.90 Å². The SMILES string of the molecule is O=C(CC1CCCCC1)NCCSc1ccc(O)cc1. The number of nitrogens with one attached hydrogen (secondary N) is 1. The number of carbonyl (C=O) groups excluding carboxylic acids is 1. The molecule has 1 fully saturated rings. The zero-order chi connectivity index (χ0) is 14.2. The van der Waals surface area contributed by atoms with Crippen molar-refractivity contribution in [3.05, 3.63) is 24.3 Å². The van der Waals surface area contributed by atoms with Gasteiger partial charge in [-0.2, -0.15) is 0 Å². The maximum atomic E-state index is 11.8. The van der Waals surface area contributed by atoms with Crippen LogP contribution in [0.15, 0.2) is 29.2 Å². The topological polar surface area (TPSA) is 49.3 Å². The fraction of sp³-hybridized carbons (Fsp3) is 0.562. The van der Waals surface area contributed by atoms with Crippen molar-refractivity contribution >= 4 is 17.7 Å². The molecule has 4 heteroatoms. The summed E-state index contributed by atoms with van der Waals surface area (Å²) in [6.07, 6.45) is 7.04. The molecule has 3 nitrogen and oxygen atoms in total. The Morgan fingerprint density at radius 2 is 1.90 bits per heavy atom. The lowest BCUT2D eigenvalue weighted by Gasteiger charge is -2.20. The standard InChI is InChI=1S/C16H23NO2S/c18-14-6-8-15(9-7-14)20-11-10-17-16(19)12-13-4-2-1-3-5-13/h6-9,13,18H,1-5,10-12H2,(H,17,19). The number of rotatable bonds is 6. The van der Waals surface area contributed by atoms with Crippen molar-refractivity contribution in [3.8, 4) is 5.75 Å². The molecule has 1 saturated carbocycles. The van der Waals surface area contributed by atoms with Crippen molar-refractivity contribution in [2.24, 2.45) is 5.92 Å². The number of hydrogen-bond donors (Lipinski definition) is 2. The maximum absolute atomic E-state index is 11.8. The van der Waals surface area contributed by atoms with E-state index in [4.69, 9.17) is 0 Å². The molecule has 0 spiro atoms. The minimum atomic E-state index is 0.197. The van der Waals surface area contributed by atoms with Crippen LogP contribution in [0, 0.1) is 5.92 Å². The number of phenolic OH excluding ortho intramolecular Hbond substituents is 1. The summed E-state index contributed by atoms with van der Waals surface area (Å²) in [5.41, 5.74) is 0. The molecule has 2 N–H and O–H groups in total. The fourth-order valence-electron chi connectivity index (χ4n) is 2.63. The second-order valence-electron chi connectivity index (χ2n) is 5.40. The highest BCUT2D eigenvalue weighted by Gasteiger charge is 2.16. The highest BCUT2D eigenvalue weighted by molar-refractivity contribution is 7.99. The largest absolute Gasteiger partial charge is 0.508 e. The van der Waals surface area contributed by atoms with Crippen LogP contribution in [0.2, 0.25) is 0 Å². The zero-order valence-corrected chi connectivity index (χ0v) is 12.6. The molecule has 0 aromatic heterocycles. The molecular weight excluding hydrogens is 270 g/mol. The van der Waals surface area contributed by atoms with Gasteiger partial charge in [-0.3, -0.25) is 4.79 Å². The van der Waals surface area contributed by atoms with E-state index in [1.165, 1.54) is 32.1 Å². The Morgan fingerprint density at radius 1 is 1.20 bits per heavy atom. The van der Waals surface area contributed by atoms with Gasteiger partial charge in [0.25, 0.3) is 0 Å². The van der Waals surface area contributed by atoms with Gasteiger partial charge in [0, 0.05) is 23.6 Å². The first-order valence-electron chi connectivity index (χ1n) is 7.42. The Morgan fingerprint density at radius 3 is 2.60 bits per heavy atom. The van der Waals surface area contributed by atoms with Gasteiger partial charge in [-0.05, 0) is 43.0 Å². The monoisotopic (exact) mass is 293 g/mol. The smallest absolute Gasteiger partial charge is 0.220 e. The minimum absolute atomic E-state index is 0.197. The molecule has 0 saturated heterocycles. The van der Waals surface area contributed by atoms with E-state index in [-0.39, 0.29) is 11.7 Å². The highest BCUT2D eigenvalue weighted by atomic mass is 32.2. The van der Waals surface area contributed by atoms with Crippen LogP contribution in [0.5, 0.6) is 5.75 Å². The van der Waals surface area contributed by atoms with Crippen molar-refractivity contribution in [2.75, 3.05) is 12.3 Å². The Balaban J connectivity index is 1.58. The van der Waals surface area contributed by atoms with Crippen molar-refractivity contribution in [3.63, 3.8) is 0 Å². The molecule has 110 valence electrons. The minimum Gasteiger partial charge on any atom is -0.508 e. The third-order valence-corrected chi connectivity index (χ3v) is 4.74. The van der Waals surface area contributed by atoms with Crippen LogP contribution in [0.25, 0.3) is 0 Å². The Hall–Kier alpha value is -1.16. The number of benzene rings is 1. The predicted molar refractivity (Wildman–Crippen MR) is 83.0 cm³/mol. The highest BCUT2D eigenvalue weighted by Crippen LogP contribution is 2.26. The van der Waals surface area contributed by atoms with Gasteiger partial charge in [0.2, 0.25) is 5.91 Å². The van der Waals surface area contributed by atoms with E-state index < -0.39 is 0 Å². The number of amides is 1. The lowest BCUT2D eigenvalue weighted by molar-refractivity contribution is -0.122. The average Bonchev–Trinajstić information content (AvgIpc) is 2.46. The first kappa shape index (κ1) is 15.2. The van der Waals surface area contributed by atoms with Crippen LogP contribution in [-0.2, 0) is 4.79 Å². The van der Waals surface area contributed by atoms with Gasteiger partial charge in [0.15, 0.2) is 0 Å². The first-order valence-corrected chi connectivity index (χ1v) is 8.41. The average molecular weight is 293 g/mol. The molecule has 1 aliphatic rings. The summed E-state index contributed by atoms with van der Waals surface area (Å²) in [7, 11) is 0. The van der Waals surface area contributed by atoms with Gasteiger partial charge in [-0.25, -0.2) is 0 Å². The second kappa shape index (κ2) is 8.20. The normalized spacial score (nSPS) is 16.0. The number of thioether (sulfide) groups is 1. The lowest BCUT2D eigenvalue weighted by atomic mass is 9.87. The fourth-order valence-corrected chi connectivity index (χ4v) is 3.40. The second-order valence-corrected chi connectivity index (χ2v) is 6.57. The molecule has 0 bridgehead atoms. The Kier molecular flexibility index (Phi) is 6.25. The molecule has 20 heavy (non-hydrogen) atoms. The molecule has 0 radical (unpaired) electrons. The quantitative estimate of drug-likeness (QED) is 0.622. The van der Waals surface area contributed by atoms with Gasteiger partial charge >= 0.3 is 0 Å². The van der Waals surface area contributed by atoms with Crippen molar-refractivity contribution in [1.82, 2.24) is 5.32 Å². The molecule has 0 unspecified atom stereocenters. The summed E-state index contributed by atoms with van der Waals surface area (Å²) in [4.78, 5) is 12.9. The number of phenols is 1. The molecule has 2 rings (SSSR count). The summed E-state index contributed by atoms with van der Waals surface area (Å²) < 4.78 is 0. The van der Waals surface area contributed by atoms with E-state index in [1.807, 2.05) is 12.1 Å². The van der Waals surface area contributed by atoms with E-state index >= 15 is 0 Å². The summed E-state index contributed by atoms with van der Waals surface area (Å²) in [5, 5.41) is 12.2.